The lowest BCUT2D eigenvalue weighted by atomic mass is 10.1. The van der Waals surface area contributed by atoms with Gasteiger partial charge in [-0.15, -0.1) is 0 Å². The molecule has 0 fully saturated rings. The van der Waals surface area contributed by atoms with E-state index in [2.05, 4.69) is 0 Å². The number of hydrogen-bond acceptors (Lipinski definition) is 2. The van der Waals surface area contributed by atoms with Crippen molar-refractivity contribution in [1.82, 2.24) is 0 Å². The summed E-state index contributed by atoms with van der Waals surface area (Å²) in [5.41, 5.74) is 5.79. The number of benzene rings is 1. The second-order valence-corrected chi connectivity index (χ2v) is 2.74. The summed E-state index contributed by atoms with van der Waals surface area (Å²) in [5.74, 6) is -1.08. The Balaban J connectivity index is 3.02. The third kappa shape index (κ3) is 1.75. The fourth-order valence-corrected chi connectivity index (χ4v) is 1.11. The SMILES string of the molecule is NC(C(=O)O)c1ccccc1Cl. The highest BCUT2D eigenvalue weighted by atomic mass is 35.5. The van der Waals surface area contributed by atoms with Crippen molar-refractivity contribution in [3.63, 3.8) is 0 Å². The molecule has 64 valence electrons. The van der Waals surface area contributed by atoms with Crippen LogP contribution >= 0.6 is 11.6 Å². The quantitative estimate of drug-likeness (QED) is 0.733. The minimum Gasteiger partial charge on any atom is -0.480 e. The number of hydrogen-bond donors (Lipinski definition) is 2. The van der Waals surface area contributed by atoms with Crippen LogP contribution in [-0.4, -0.2) is 11.1 Å². The van der Waals surface area contributed by atoms with E-state index in [1.165, 1.54) is 0 Å². The summed E-state index contributed by atoms with van der Waals surface area (Å²) in [5, 5.41) is 8.96. The van der Waals surface area contributed by atoms with Gasteiger partial charge in [0.05, 0.1) is 0 Å². The van der Waals surface area contributed by atoms with Gasteiger partial charge in [0, 0.05) is 5.02 Å². The van der Waals surface area contributed by atoms with Gasteiger partial charge in [-0.25, -0.2) is 0 Å². The Hall–Kier alpha value is -1.06. The monoisotopic (exact) mass is 185 g/mol. The minimum atomic E-state index is -1.08. The van der Waals surface area contributed by atoms with Crippen molar-refractivity contribution in [2.75, 3.05) is 0 Å². The predicted octanol–water partition coefficient (Wildman–Crippen LogP) is 1.42. The third-order valence-electron chi connectivity index (χ3n) is 1.51. The third-order valence-corrected chi connectivity index (χ3v) is 1.85. The summed E-state index contributed by atoms with van der Waals surface area (Å²) in [6.45, 7) is 0. The molecule has 0 bridgehead atoms. The molecule has 0 heterocycles. The van der Waals surface area contributed by atoms with Crippen LogP contribution < -0.4 is 5.73 Å². The van der Waals surface area contributed by atoms with Gasteiger partial charge < -0.3 is 10.8 Å². The minimum absolute atomic E-state index is 0.382. The van der Waals surface area contributed by atoms with Gasteiger partial charge in [-0.05, 0) is 11.6 Å². The Bertz CT molecular complexity index is 301. The molecule has 0 aliphatic heterocycles. The molecule has 0 amide bonds. The smallest absolute Gasteiger partial charge is 0.325 e. The van der Waals surface area contributed by atoms with Crippen molar-refractivity contribution in [1.29, 1.82) is 0 Å². The van der Waals surface area contributed by atoms with Crippen molar-refractivity contribution in [2.45, 2.75) is 6.04 Å². The summed E-state index contributed by atoms with van der Waals surface area (Å²) in [6.07, 6.45) is 0. The fourth-order valence-electron chi connectivity index (χ4n) is 0.860. The number of aliphatic carboxylic acids is 1. The van der Waals surface area contributed by atoms with E-state index >= 15 is 0 Å². The molecule has 0 aliphatic rings. The highest BCUT2D eigenvalue weighted by molar-refractivity contribution is 6.31. The molecule has 1 aromatic carbocycles. The number of halogens is 1. The number of carbonyl (C=O) groups is 1. The van der Waals surface area contributed by atoms with Crippen molar-refractivity contribution < 1.29 is 9.90 Å². The Labute approximate surface area is 74.8 Å². The van der Waals surface area contributed by atoms with Crippen LogP contribution in [0.25, 0.3) is 0 Å². The van der Waals surface area contributed by atoms with Gasteiger partial charge in [0.1, 0.15) is 6.04 Å². The van der Waals surface area contributed by atoms with Gasteiger partial charge in [-0.3, -0.25) is 4.79 Å². The Morgan fingerprint density at radius 3 is 2.58 bits per heavy atom. The Morgan fingerprint density at radius 2 is 2.08 bits per heavy atom. The standard InChI is InChI=1S/C8H8ClNO2/c9-6-4-2-1-3-5(6)7(10)8(11)12/h1-4,7H,10H2,(H,11,12). The largest absolute Gasteiger partial charge is 0.480 e. The van der Waals surface area contributed by atoms with Crippen molar-refractivity contribution >= 4 is 17.6 Å². The van der Waals surface area contributed by atoms with E-state index in [0.29, 0.717) is 10.6 Å². The van der Waals surface area contributed by atoms with E-state index in [1.54, 1.807) is 24.3 Å². The molecule has 0 aromatic heterocycles. The first-order chi connectivity index (χ1) is 5.63. The van der Waals surface area contributed by atoms with Crippen LogP contribution in [0.3, 0.4) is 0 Å². The lowest BCUT2D eigenvalue weighted by Crippen LogP contribution is -2.20. The maximum absolute atomic E-state index is 10.5. The molecule has 3 nitrogen and oxygen atoms in total. The van der Waals surface area contributed by atoms with E-state index < -0.39 is 12.0 Å². The van der Waals surface area contributed by atoms with E-state index in [9.17, 15) is 4.79 Å². The van der Waals surface area contributed by atoms with Crippen LogP contribution in [0.2, 0.25) is 5.02 Å². The zero-order chi connectivity index (χ0) is 9.14. The molecular formula is C8H8ClNO2. The molecule has 1 rings (SSSR count). The molecule has 3 N–H and O–H groups in total. The van der Waals surface area contributed by atoms with Crippen LogP contribution in [0.15, 0.2) is 24.3 Å². The van der Waals surface area contributed by atoms with Crippen molar-refractivity contribution in [3.05, 3.63) is 34.9 Å². The lowest BCUT2D eigenvalue weighted by Gasteiger charge is -2.07. The summed E-state index contributed by atoms with van der Waals surface area (Å²) in [7, 11) is 0. The van der Waals surface area contributed by atoms with Gasteiger partial charge >= 0.3 is 5.97 Å². The van der Waals surface area contributed by atoms with E-state index in [1.807, 2.05) is 0 Å². The average Bonchev–Trinajstić information content (AvgIpc) is 2.04. The number of nitrogens with two attached hydrogens (primary N) is 1. The lowest BCUT2D eigenvalue weighted by molar-refractivity contribution is -0.138. The second-order valence-electron chi connectivity index (χ2n) is 2.34. The first kappa shape index (κ1) is 9.03. The molecule has 0 spiro atoms. The second kappa shape index (κ2) is 3.56. The molecule has 12 heavy (non-hydrogen) atoms. The zero-order valence-corrected chi connectivity index (χ0v) is 6.95. The molecule has 4 heteroatoms. The zero-order valence-electron chi connectivity index (χ0n) is 6.20. The summed E-state index contributed by atoms with van der Waals surface area (Å²) >= 11 is 5.72. The molecular weight excluding hydrogens is 178 g/mol. The van der Waals surface area contributed by atoms with E-state index in [4.69, 9.17) is 22.4 Å². The van der Waals surface area contributed by atoms with Crippen molar-refractivity contribution in [2.24, 2.45) is 5.73 Å². The Kier molecular flexibility index (Phi) is 2.68. The van der Waals surface area contributed by atoms with Crippen LogP contribution in [0.4, 0.5) is 0 Å². The van der Waals surface area contributed by atoms with E-state index in [-0.39, 0.29) is 0 Å². The van der Waals surface area contributed by atoms with Crippen LogP contribution in [-0.2, 0) is 4.79 Å². The maximum atomic E-state index is 10.5. The Morgan fingerprint density at radius 1 is 1.50 bits per heavy atom. The molecule has 0 aliphatic carbocycles. The van der Waals surface area contributed by atoms with Crippen LogP contribution in [0.5, 0.6) is 0 Å². The first-order valence-corrected chi connectivity index (χ1v) is 3.73. The van der Waals surface area contributed by atoms with Crippen LogP contribution in [0, 0.1) is 0 Å². The molecule has 0 saturated carbocycles. The fraction of sp³-hybridized carbons (Fsp3) is 0.125. The predicted molar refractivity (Wildman–Crippen MR) is 46.0 cm³/mol. The van der Waals surface area contributed by atoms with Gasteiger partial charge in [0.25, 0.3) is 0 Å². The molecule has 1 unspecified atom stereocenters. The van der Waals surface area contributed by atoms with Gasteiger partial charge in [0.15, 0.2) is 0 Å². The summed E-state index contributed by atoms with van der Waals surface area (Å²) in [4.78, 5) is 10.5. The summed E-state index contributed by atoms with van der Waals surface area (Å²) in [6, 6.07) is 5.59. The highest BCUT2D eigenvalue weighted by Crippen LogP contribution is 2.20. The van der Waals surface area contributed by atoms with E-state index in [0.717, 1.165) is 0 Å². The summed E-state index contributed by atoms with van der Waals surface area (Å²) < 4.78 is 0. The normalized spacial score (nSPS) is 12.5. The van der Waals surface area contributed by atoms with Crippen LogP contribution in [0.1, 0.15) is 11.6 Å². The maximum Gasteiger partial charge on any atom is 0.325 e. The number of carboxylic acid groups (broad SMARTS) is 1. The average molecular weight is 186 g/mol. The van der Waals surface area contributed by atoms with Gasteiger partial charge in [-0.2, -0.15) is 0 Å². The first-order valence-electron chi connectivity index (χ1n) is 3.35. The number of rotatable bonds is 2. The van der Waals surface area contributed by atoms with Gasteiger partial charge in [0.2, 0.25) is 0 Å². The number of carboxylic acids is 1. The topological polar surface area (TPSA) is 63.3 Å². The molecule has 0 saturated heterocycles. The molecule has 1 aromatic rings. The highest BCUT2D eigenvalue weighted by Gasteiger charge is 2.16. The molecule has 1 atom stereocenters. The van der Waals surface area contributed by atoms with Crippen molar-refractivity contribution in [3.8, 4) is 0 Å². The van der Waals surface area contributed by atoms with Gasteiger partial charge in [-0.1, -0.05) is 29.8 Å². The molecule has 0 radical (unpaired) electrons.